The van der Waals surface area contributed by atoms with Gasteiger partial charge in [-0.25, -0.2) is 0 Å². The van der Waals surface area contributed by atoms with Gasteiger partial charge in [0.15, 0.2) is 13.2 Å². The van der Waals surface area contributed by atoms with E-state index in [4.69, 9.17) is 9.47 Å². The first-order chi connectivity index (χ1) is 17.3. The summed E-state index contributed by atoms with van der Waals surface area (Å²) in [5.41, 5.74) is 11.3. The molecule has 0 heterocycles. The number of aryl methyl sites for hydroxylation is 2. The zero-order chi connectivity index (χ0) is 25.9. The summed E-state index contributed by atoms with van der Waals surface area (Å²) in [6.07, 6.45) is 0. The number of benzene rings is 3. The van der Waals surface area contributed by atoms with Gasteiger partial charge in [0.25, 0.3) is 23.6 Å². The molecule has 10 nitrogen and oxygen atoms in total. The molecule has 3 aromatic rings. The van der Waals surface area contributed by atoms with E-state index in [1.807, 2.05) is 38.1 Å². The Morgan fingerprint density at radius 3 is 1.28 bits per heavy atom. The number of hydrogen-bond acceptors (Lipinski definition) is 6. The zero-order valence-electron chi connectivity index (χ0n) is 19.8. The summed E-state index contributed by atoms with van der Waals surface area (Å²) in [6, 6.07) is 20.1. The molecule has 3 aromatic carbocycles. The van der Waals surface area contributed by atoms with Crippen LogP contribution in [0.2, 0.25) is 0 Å². The summed E-state index contributed by atoms with van der Waals surface area (Å²) in [5, 5.41) is 0. The molecule has 0 fully saturated rings. The van der Waals surface area contributed by atoms with Crippen molar-refractivity contribution in [1.82, 2.24) is 21.7 Å². The maximum Gasteiger partial charge on any atom is 0.276 e. The normalized spacial score (nSPS) is 10.1. The third-order valence-corrected chi connectivity index (χ3v) is 4.94. The van der Waals surface area contributed by atoms with Gasteiger partial charge in [-0.05, 0) is 61.4 Å². The van der Waals surface area contributed by atoms with Crippen LogP contribution < -0.4 is 31.2 Å². The Balaban J connectivity index is 1.39. The smallest absolute Gasteiger partial charge is 0.276 e. The summed E-state index contributed by atoms with van der Waals surface area (Å²) >= 11 is 0. The minimum atomic E-state index is -0.576. The molecule has 0 bridgehead atoms. The summed E-state index contributed by atoms with van der Waals surface area (Å²) in [4.78, 5) is 48.4. The Labute approximate surface area is 207 Å². The first-order valence-corrected chi connectivity index (χ1v) is 11.0. The van der Waals surface area contributed by atoms with Crippen LogP contribution in [0.15, 0.2) is 72.8 Å². The maximum absolute atomic E-state index is 12.2. The van der Waals surface area contributed by atoms with Crippen molar-refractivity contribution in [2.24, 2.45) is 0 Å². The highest BCUT2D eigenvalue weighted by molar-refractivity contribution is 5.98. The van der Waals surface area contributed by atoms with Gasteiger partial charge in [0.05, 0.1) is 0 Å². The van der Waals surface area contributed by atoms with E-state index in [2.05, 4.69) is 21.7 Å². The molecule has 4 amide bonds. The van der Waals surface area contributed by atoms with Crippen molar-refractivity contribution in [3.8, 4) is 11.5 Å². The number of nitrogens with one attached hydrogen (secondary N) is 4. The van der Waals surface area contributed by atoms with E-state index in [9.17, 15) is 19.2 Å². The Hall–Kier alpha value is -4.86. The molecule has 4 N–H and O–H groups in total. The molecule has 0 atom stereocenters. The molecule has 0 aliphatic carbocycles. The van der Waals surface area contributed by atoms with Crippen molar-refractivity contribution < 1.29 is 28.7 Å². The van der Waals surface area contributed by atoms with Crippen molar-refractivity contribution in [3.63, 3.8) is 0 Å². The van der Waals surface area contributed by atoms with E-state index in [1.54, 1.807) is 24.3 Å². The molecule has 0 radical (unpaired) electrons. The van der Waals surface area contributed by atoms with Gasteiger partial charge >= 0.3 is 0 Å². The number of carbonyl (C=O) groups excluding carboxylic acids is 4. The average molecular weight is 491 g/mol. The number of amides is 4. The maximum atomic E-state index is 12.2. The number of para-hydroxylation sites is 2. The monoisotopic (exact) mass is 490 g/mol. The molecular weight excluding hydrogens is 464 g/mol. The Kier molecular flexibility index (Phi) is 8.99. The molecule has 0 saturated heterocycles. The lowest BCUT2D eigenvalue weighted by atomic mass is 10.1. The molecular formula is C26H26N4O6. The van der Waals surface area contributed by atoms with Crippen LogP contribution >= 0.6 is 0 Å². The average Bonchev–Trinajstić information content (AvgIpc) is 2.89. The van der Waals surface area contributed by atoms with Crippen LogP contribution in [0, 0.1) is 13.8 Å². The fraction of sp³-hybridized carbons (Fsp3) is 0.154. The van der Waals surface area contributed by atoms with E-state index < -0.39 is 23.6 Å². The third-order valence-electron chi connectivity index (χ3n) is 4.94. The van der Waals surface area contributed by atoms with E-state index in [0.717, 1.165) is 11.1 Å². The summed E-state index contributed by atoms with van der Waals surface area (Å²) in [5.74, 6) is -1.08. The van der Waals surface area contributed by atoms with E-state index in [1.165, 1.54) is 24.3 Å². The standard InChI is InChI=1S/C26H26N4O6/c1-17-7-3-5-9-21(17)35-15-23(31)27-29-25(33)19-11-13-20(14-12-19)26(34)30-28-24(32)16-36-22-10-6-4-8-18(22)2/h3-14H,15-16H2,1-2H3,(H,27,31)(H,28,32)(H,29,33)(H,30,34). The lowest BCUT2D eigenvalue weighted by molar-refractivity contribution is -0.124. The molecule has 0 aliphatic heterocycles. The second-order valence-electron chi connectivity index (χ2n) is 7.69. The number of carbonyl (C=O) groups is 4. The largest absolute Gasteiger partial charge is 0.483 e. The molecule has 36 heavy (non-hydrogen) atoms. The van der Waals surface area contributed by atoms with Gasteiger partial charge < -0.3 is 9.47 Å². The van der Waals surface area contributed by atoms with Crippen LogP contribution in [0.4, 0.5) is 0 Å². The van der Waals surface area contributed by atoms with Crippen LogP contribution in [0.5, 0.6) is 11.5 Å². The van der Waals surface area contributed by atoms with Crippen LogP contribution in [-0.2, 0) is 9.59 Å². The molecule has 0 unspecified atom stereocenters. The fourth-order valence-corrected chi connectivity index (χ4v) is 2.97. The van der Waals surface area contributed by atoms with Crippen LogP contribution in [0.1, 0.15) is 31.8 Å². The molecule has 186 valence electrons. The van der Waals surface area contributed by atoms with E-state index in [-0.39, 0.29) is 24.3 Å². The predicted molar refractivity (Wildman–Crippen MR) is 131 cm³/mol. The van der Waals surface area contributed by atoms with Crippen LogP contribution in [0.3, 0.4) is 0 Å². The topological polar surface area (TPSA) is 135 Å². The first kappa shape index (κ1) is 25.8. The number of ether oxygens (including phenoxy) is 2. The van der Waals surface area contributed by atoms with Crippen molar-refractivity contribution >= 4 is 23.6 Å². The van der Waals surface area contributed by atoms with Gasteiger partial charge in [-0.15, -0.1) is 0 Å². The quantitative estimate of drug-likeness (QED) is 0.357. The second-order valence-corrected chi connectivity index (χ2v) is 7.69. The highest BCUT2D eigenvalue weighted by Gasteiger charge is 2.12. The zero-order valence-corrected chi connectivity index (χ0v) is 19.8. The lowest BCUT2D eigenvalue weighted by Crippen LogP contribution is -2.44. The molecule has 0 aliphatic rings. The van der Waals surface area contributed by atoms with Crippen molar-refractivity contribution in [3.05, 3.63) is 95.1 Å². The van der Waals surface area contributed by atoms with Gasteiger partial charge in [-0.1, -0.05) is 36.4 Å². The van der Waals surface area contributed by atoms with Crippen molar-refractivity contribution in [2.75, 3.05) is 13.2 Å². The van der Waals surface area contributed by atoms with Crippen LogP contribution in [0.25, 0.3) is 0 Å². The van der Waals surface area contributed by atoms with Gasteiger partial charge in [-0.2, -0.15) is 0 Å². The second kappa shape index (κ2) is 12.6. The highest BCUT2D eigenvalue weighted by atomic mass is 16.5. The highest BCUT2D eigenvalue weighted by Crippen LogP contribution is 2.16. The summed E-state index contributed by atoms with van der Waals surface area (Å²) in [6.45, 7) is 3.17. The molecule has 0 aromatic heterocycles. The van der Waals surface area contributed by atoms with Crippen molar-refractivity contribution in [1.29, 1.82) is 0 Å². The van der Waals surface area contributed by atoms with Gasteiger partial charge in [0.1, 0.15) is 11.5 Å². The SMILES string of the molecule is Cc1ccccc1OCC(=O)NNC(=O)c1ccc(C(=O)NNC(=O)COc2ccccc2C)cc1. The molecule has 0 saturated carbocycles. The molecule has 10 heteroatoms. The number of hydrazine groups is 2. The molecule has 3 rings (SSSR count). The molecule has 0 spiro atoms. The van der Waals surface area contributed by atoms with Gasteiger partial charge in [0.2, 0.25) is 0 Å². The minimum Gasteiger partial charge on any atom is -0.483 e. The van der Waals surface area contributed by atoms with Crippen molar-refractivity contribution in [2.45, 2.75) is 13.8 Å². The Morgan fingerprint density at radius 1 is 0.556 bits per heavy atom. The van der Waals surface area contributed by atoms with Gasteiger partial charge in [0, 0.05) is 11.1 Å². The predicted octanol–water partition coefficient (Wildman–Crippen LogP) is 1.98. The van der Waals surface area contributed by atoms with E-state index in [0.29, 0.717) is 11.5 Å². The Morgan fingerprint density at radius 2 is 0.917 bits per heavy atom. The van der Waals surface area contributed by atoms with E-state index >= 15 is 0 Å². The minimum absolute atomic E-state index is 0.210. The van der Waals surface area contributed by atoms with Crippen LogP contribution in [-0.4, -0.2) is 36.8 Å². The third kappa shape index (κ3) is 7.59. The number of hydrogen-bond donors (Lipinski definition) is 4. The fourth-order valence-electron chi connectivity index (χ4n) is 2.97. The lowest BCUT2D eigenvalue weighted by Gasteiger charge is -2.11. The first-order valence-electron chi connectivity index (χ1n) is 11.0. The number of rotatable bonds is 8. The summed E-state index contributed by atoms with van der Waals surface area (Å²) in [7, 11) is 0. The van der Waals surface area contributed by atoms with Gasteiger partial charge in [-0.3, -0.25) is 40.9 Å². The Bertz CT molecular complexity index is 1150. The summed E-state index contributed by atoms with van der Waals surface area (Å²) < 4.78 is 10.8.